The number of nitrogens with zero attached hydrogens (tertiary/aromatic N) is 2. The third-order valence-corrected chi connectivity index (χ3v) is 12.6. The van der Waals surface area contributed by atoms with Crippen LogP contribution in [0.2, 0.25) is 0 Å². The van der Waals surface area contributed by atoms with Crippen LogP contribution in [0.25, 0.3) is 90.9 Å². The van der Waals surface area contributed by atoms with Crippen molar-refractivity contribution in [3.8, 4) is 44.5 Å². The molecule has 6 heteroatoms. The predicted octanol–water partition coefficient (Wildman–Crippen LogP) is 13.6. The molecule has 5 aromatic carbocycles. The third kappa shape index (κ3) is 6.06. The lowest BCUT2D eigenvalue weighted by Crippen LogP contribution is -2.29. The summed E-state index contributed by atoms with van der Waals surface area (Å²) in [4.78, 5) is 19.1. The lowest BCUT2D eigenvalue weighted by Gasteiger charge is -2.36. The fourth-order valence-corrected chi connectivity index (χ4v) is 9.92. The van der Waals surface area contributed by atoms with Crippen LogP contribution in [-0.2, 0) is 4.74 Å². The van der Waals surface area contributed by atoms with Crippen LogP contribution in [0.5, 0.6) is 0 Å². The van der Waals surface area contributed by atoms with Crippen molar-refractivity contribution >= 4 is 52.1 Å². The molecule has 8 bridgehead atoms. The van der Waals surface area contributed by atoms with Gasteiger partial charge in [-0.25, -0.2) is 9.97 Å². The fourth-order valence-electron chi connectivity index (χ4n) is 9.92. The number of H-pyrrole nitrogens is 2. The van der Waals surface area contributed by atoms with Gasteiger partial charge in [0.05, 0.1) is 40.4 Å². The Bertz CT molecular complexity index is 3200. The van der Waals surface area contributed by atoms with Gasteiger partial charge in [-0.2, -0.15) is 0 Å². The highest BCUT2D eigenvalue weighted by Gasteiger charge is 2.42. The van der Waals surface area contributed by atoms with Crippen molar-refractivity contribution in [2.45, 2.75) is 18.6 Å². The average molecular weight is 788 g/mol. The molecule has 292 valence electrons. The number of fused-ring (bicyclic) bond motifs is 11. The van der Waals surface area contributed by atoms with E-state index in [1.54, 1.807) is 0 Å². The molecule has 0 saturated carbocycles. The summed E-state index contributed by atoms with van der Waals surface area (Å²) in [5.41, 5.74) is 19.6. The van der Waals surface area contributed by atoms with E-state index in [1.807, 2.05) is 0 Å². The molecule has 8 aromatic rings. The Labute approximate surface area is 354 Å². The lowest BCUT2D eigenvalue weighted by atomic mass is 9.80. The second kappa shape index (κ2) is 14.6. The highest BCUT2D eigenvalue weighted by molar-refractivity contribution is 6.01. The Morgan fingerprint density at radius 2 is 0.934 bits per heavy atom. The standard InChI is InChI=1S/C55H41N5O/c1-5-15-34(16-6-1)49-42-25-26-43(56-42)50(35-17-7-2-8-18-35)45-29-30-47(58-45)52(37-21-11-4-12-22-37)54-40(53-39-31-32-61-55(39)38-23-13-14-24-41(38)59-53)33-48(60-54)51(36-19-9-3-10-20-36)46-28-27-44(49)57-46/h1-30,33,39,53,55,57,59-60H,31-32H2/t39-,53-,55+/m1/s1. The van der Waals surface area contributed by atoms with E-state index in [0.717, 1.165) is 108 Å². The van der Waals surface area contributed by atoms with Crippen LogP contribution in [0, 0.1) is 5.92 Å². The third-order valence-electron chi connectivity index (χ3n) is 12.6. The SMILES string of the molecule is C1=Cc2nc1c(-c1ccccc1)c1nc(c(-c3ccccc3)c3[nH]c(cc3[C@@H]3Nc4ccccc4[C@@H]4OCC[C@H]34)c(-c3ccccc3)c3ccc([nH]3)c2-c2ccccc2)C=C1. The van der Waals surface area contributed by atoms with Gasteiger partial charge in [-0.05, 0) is 77.2 Å². The van der Waals surface area contributed by atoms with Crippen LogP contribution in [0.1, 0.15) is 52.5 Å². The minimum Gasteiger partial charge on any atom is -0.377 e. The molecule has 1 fully saturated rings. The largest absolute Gasteiger partial charge is 0.377 e. The normalized spacial score (nSPS) is 17.5. The molecule has 0 radical (unpaired) electrons. The summed E-state index contributed by atoms with van der Waals surface area (Å²) in [6, 6.07) is 57.9. The van der Waals surface area contributed by atoms with Crippen molar-refractivity contribution in [3.05, 3.63) is 198 Å². The second-order valence-electron chi connectivity index (χ2n) is 16.1. The maximum absolute atomic E-state index is 6.57. The Balaban J connectivity index is 1.27. The molecular formula is C55H41N5O. The van der Waals surface area contributed by atoms with Gasteiger partial charge in [0.2, 0.25) is 0 Å². The number of rotatable bonds is 5. The predicted molar refractivity (Wildman–Crippen MR) is 250 cm³/mol. The molecular weight excluding hydrogens is 747 g/mol. The number of hydrogen-bond acceptors (Lipinski definition) is 4. The molecule has 0 spiro atoms. The van der Waals surface area contributed by atoms with Gasteiger partial charge in [0.1, 0.15) is 0 Å². The number of aromatic nitrogens is 4. The molecule has 3 N–H and O–H groups in total. The Morgan fingerprint density at radius 1 is 0.443 bits per heavy atom. The van der Waals surface area contributed by atoms with E-state index in [0.29, 0.717) is 0 Å². The first-order chi connectivity index (χ1) is 30.2. The molecule has 12 rings (SSSR count). The number of hydrogen-bond donors (Lipinski definition) is 3. The number of benzene rings is 5. The van der Waals surface area contributed by atoms with Gasteiger partial charge in [0, 0.05) is 68.1 Å². The van der Waals surface area contributed by atoms with Crippen LogP contribution < -0.4 is 5.32 Å². The summed E-state index contributed by atoms with van der Waals surface area (Å²) in [5.74, 6) is 0.224. The summed E-state index contributed by atoms with van der Waals surface area (Å²) in [6.45, 7) is 0.722. The summed E-state index contributed by atoms with van der Waals surface area (Å²) in [7, 11) is 0. The first-order valence-corrected chi connectivity index (χ1v) is 21.1. The van der Waals surface area contributed by atoms with Crippen LogP contribution in [0.15, 0.2) is 164 Å². The summed E-state index contributed by atoms with van der Waals surface area (Å²) >= 11 is 0. The first kappa shape index (κ1) is 35.4. The second-order valence-corrected chi connectivity index (χ2v) is 16.1. The lowest BCUT2D eigenvalue weighted by molar-refractivity contribution is 0.0831. The quantitative estimate of drug-likeness (QED) is 0.162. The fraction of sp³-hybridized carbons (Fsp3) is 0.0909. The van der Waals surface area contributed by atoms with Crippen molar-refractivity contribution in [1.82, 2.24) is 19.9 Å². The number of anilines is 1. The van der Waals surface area contributed by atoms with Crippen molar-refractivity contribution in [3.63, 3.8) is 0 Å². The zero-order valence-electron chi connectivity index (χ0n) is 33.3. The Kier molecular flexibility index (Phi) is 8.49. The van der Waals surface area contributed by atoms with Crippen LogP contribution >= 0.6 is 0 Å². The van der Waals surface area contributed by atoms with E-state index in [2.05, 4.69) is 203 Å². The molecule has 7 heterocycles. The van der Waals surface area contributed by atoms with Crippen LogP contribution in [0.3, 0.4) is 0 Å². The van der Waals surface area contributed by atoms with E-state index >= 15 is 0 Å². The minimum atomic E-state index is -0.0371. The van der Waals surface area contributed by atoms with Crippen molar-refractivity contribution < 1.29 is 4.74 Å². The monoisotopic (exact) mass is 787 g/mol. The van der Waals surface area contributed by atoms with Gasteiger partial charge in [-0.1, -0.05) is 140 Å². The molecule has 1 saturated heterocycles. The van der Waals surface area contributed by atoms with E-state index in [9.17, 15) is 0 Å². The van der Waals surface area contributed by atoms with Crippen molar-refractivity contribution in [2.75, 3.05) is 11.9 Å². The van der Waals surface area contributed by atoms with Gasteiger partial charge in [0.15, 0.2) is 0 Å². The van der Waals surface area contributed by atoms with E-state index < -0.39 is 0 Å². The topological polar surface area (TPSA) is 78.6 Å². The highest BCUT2D eigenvalue weighted by atomic mass is 16.5. The summed E-state index contributed by atoms with van der Waals surface area (Å²) in [5, 5.41) is 4.05. The number of nitrogens with one attached hydrogen (secondary N) is 3. The minimum absolute atomic E-state index is 0.000599. The molecule has 0 unspecified atom stereocenters. The molecule has 4 aliphatic rings. The highest BCUT2D eigenvalue weighted by Crippen LogP contribution is 2.52. The van der Waals surface area contributed by atoms with E-state index in [4.69, 9.17) is 14.7 Å². The summed E-state index contributed by atoms with van der Waals surface area (Å²) in [6.07, 6.45) is 9.57. The zero-order chi connectivity index (χ0) is 40.3. The Hall–Kier alpha value is -7.54. The van der Waals surface area contributed by atoms with Crippen LogP contribution in [-0.4, -0.2) is 26.5 Å². The summed E-state index contributed by atoms with van der Waals surface area (Å²) < 4.78 is 6.57. The average Bonchev–Trinajstić information content (AvgIpc) is 4.18. The van der Waals surface area contributed by atoms with Gasteiger partial charge in [-0.15, -0.1) is 0 Å². The van der Waals surface area contributed by atoms with Gasteiger partial charge >= 0.3 is 0 Å². The van der Waals surface area contributed by atoms with Crippen molar-refractivity contribution in [2.24, 2.45) is 5.92 Å². The smallest absolute Gasteiger partial charge is 0.0896 e. The van der Waals surface area contributed by atoms with Gasteiger partial charge < -0.3 is 20.0 Å². The molecule has 6 nitrogen and oxygen atoms in total. The number of ether oxygens (including phenoxy) is 1. The molecule has 0 amide bonds. The first-order valence-electron chi connectivity index (χ1n) is 21.1. The van der Waals surface area contributed by atoms with E-state index in [-0.39, 0.29) is 18.1 Å². The molecule has 3 aromatic heterocycles. The van der Waals surface area contributed by atoms with Gasteiger partial charge in [-0.3, -0.25) is 0 Å². The van der Waals surface area contributed by atoms with Crippen molar-refractivity contribution in [1.29, 1.82) is 0 Å². The maximum Gasteiger partial charge on any atom is 0.0896 e. The Morgan fingerprint density at radius 3 is 1.56 bits per heavy atom. The molecule has 3 atom stereocenters. The van der Waals surface area contributed by atoms with E-state index in [1.165, 1.54) is 11.1 Å². The van der Waals surface area contributed by atoms with Crippen LogP contribution in [0.4, 0.5) is 5.69 Å². The maximum atomic E-state index is 6.57. The molecule has 0 aliphatic carbocycles. The van der Waals surface area contributed by atoms with Gasteiger partial charge in [0.25, 0.3) is 0 Å². The number of para-hydroxylation sites is 1. The molecule has 61 heavy (non-hydrogen) atoms. The number of aromatic amines is 2. The molecule has 4 aliphatic heterocycles. The zero-order valence-corrected chi connectivity index (χ0v) is 33.3.